The van der Waals surface area contributed by atoms with Crippen LogP contribution in [-0.2, 0) is 20.9 Å². The number of rotatable bonds is 7. The Kier molecular flexibility index (Phi) is 7.89. The molecule has 46 heavy (non-hydrogen) atoms. The fraction of sp³-hybridized carbons (Fsp3) is 0.639. The molecule has 0 amide bonds. The van der Waals surface area contributed by atoms with E-state index >= 15 is 0 Å². The SMILES string of the molecule is CC1=C(O)C(=O)C=C2C1=CC=C1[C@@]2(C)CC[C@@]2(C)[C@@H]3C[C@](C)(C(=O)OCCCCn4cc([N+](=O)[O-])nc4Br)CC[C@]3(C)CC[C@]12C. The van der Waals surface area contributed by atoms with Crippen LogP contribution in [0.25, 0.3) is 0 Å². The first-order chi connectivity index (χ1) is 21.5. The van der Waals surface area contributed by atoms with Gasteiger partial charge in [-0.3, -0.25) is 14.2 Å². The highest BCUT2D eigenvalue weighted by molar-refractivity contribution is 9.10. The second kappa shape index (κ2) is 11.0. The molecule has 0 radical (unpaired) electrons. The van der Waals surface area contributed by atoms with E-state index in [-0.39, 0.29) is 45.0 Å². The Morgan fingerprint density at radius 3 is 2.52 bits per heavy atom. The first kappa shape index (κ1) is 32.9. The molecule has 5 aliphatic carbocycles. The zero-order chi connectivity index (χ0) is 33.4. The summed E-state index contributed by atoms with van der Waals surface area (Å²) in [7, 11) is 0. The van der Waals surface area contributed by atoms with Crippen molar-refractivity contribution in [2.24, 2.45) is 33.0 Å². The van der Waals surface area contributed by atoms with Crippen molar-refractivity contribution in [1.82, 2.24) is 9.55 Å². The molecule has 6 atom stereocenters. The van der Waals surface area contributed by atoms with Crippen molar-refractivity contribution < 1.29 is 24.4 Å². The van der Waals surface area contributed by atoms with Gasteiger partial charge in [-0.25, -0.2) is 0 Å². The molecule has 1 aromatic heterocycles. The lowest BCUT2D eigenvalue weighted by Gasteiger charge is -2.70. The molecule has 1 heterocycles. The summed E-state index contributed by atoms with van der Waals surface area (Å²) in [5, 5.41) is 21.4. The summed E-state index contributed by atoms with van der Waals surface area (Å²) < 4.78 is 8.04. The lowest BCUT2D eigenvalue weighted by Crippen LogP contribution is -2.62. The standard InChI is InChI=1S/C36H46BrN3O6/c1-22-23-9-10-26-34(4,24(23)19-25(41)29(22)42)14-16-36(6)27-20-33(3,12-11-32(27,2)13-15-35(26,36)5)30(43)46-18-8-7-17-39-21-28(40(44)45)38-31(39)37/h9-10,19,21,27,42H,7-8,11-18,20H2,1-6H3/t27-,32-,33-,34+,35-,36+/m1/s1. The van der Waals surface area contributed by atoms with Gasteiger partial charge in [0.2, 0.25) is 5.78 Å². The summed E-state index contributed by atoms with van der Waals surface area (Å²) in [5.41, 5.74) is 3.22. The van der Waals surface area contributed by atoms with E-state index in [1.165, 1.54) is 11.8 Å². The van der Waals surface area contributed by atoms with E-state index < -0.39 is 10.3 Å². The van der Waals surface area contributed by atoms with E-state index in [9.17, 15) is 24.8 Å². The molecule has 0 bridgehead atoms. The van der Waals surface area contributed by atoms with Crippen LogP contribution in [0.3, 0.4) is 0 Å². The number of fused-ring (bicyclic) bond motifs is 7. The number of nitrogens with zero attached hydrogens (tertiary/aromatic N) is 3. The smallest absolute Gasteiger partial charge is 0.382 e. The Hall–Kier alpha value is -3.01. The number of unbranched alkanes of at least 4 members (excludes halogenated alkanes) is 1. The average molecular weight is 697 g/mol. The van der Waals surface area contributed by atoms with Crippen LogP contribution in [0.5, 0.6) is 0 Å². The molecule has 0 saturated heterocycles. The Bertz CT molecular complexity index is 1650. The van der Waals surface area contributed by atoms with E-state index in [0.717, 1.165) is 56.1 Å². The van der Waals surface area contributed by atoms with Crippen molar-refractivity contribution in [3.05, 3.63) is 67.3 Å². The van der Waals surface area contributed by atoms with Gasteiger partial charge in [0, 0.05) is 33.5 Å². The molecule has 248 valence electrons. The van der Waals surface area contributed by atoms with Crippen molar-refractivity contribution in [3.63, 3.8) is 0 Å². The number of carbonyl (C=O) groups is 2. The Morgan fingerprint density at radius 1 is 1.11 bits per heavy atom. The third-order valence-electron chi connectivity index (χ3n) is 13.3. The number of ketones is 1. The van der Waals surface area contributed by atoms with Crippen LogP contribution in [0.2, 0.25) is 0 Å². The number of carbonyl (C=O) groups excluding carboxylic acids is 2. The highest BCUT2D eigenvalue weighted by Gasteiger charge is 2.67. The van der Waals surface area contributed by atoms with Crippen LogP contribution in [-0.4, -0.2) is 37.9 Å². The molecule has 0 spiro atoms. The third-order valence-corrected chi connectivity index (χ3v) is 13.9. The molecule has 3 saturated carbocycles. The van der Waals surface area contributed by atoms with Crippen LogP contribution in [0, 0.1) is 43.1 Å². The van der Waals surface area contributed by atoms with Gasteiger partial charge in [-0.05, 0) is 121 Å². The molecule has 10 heteroatoms. The second-order valence-corrected chi connectivity index (χ2v) is 16.5. The second-order valence-electron chi connectivity index (χ2n) is 15.8. The predicted octanol–water partition coefficient (Wildman–Crippen LogP) is 8.50. The van der Waals surface area contributed by atoms with Gasteiger partial charge in [0.05, 0.1) is 12.0 Å². The number of esters is 1. The highest BCUT2D eigenvalue weighted by Crippen LogP contribution is 2.75. The summed E-state index contributed by atoms with van der Waals surface area (Å²) in [6, 6.07) is 0. The minimum atomic E-state index is -0.564. The van der Waals surface area contributed by atoms with Crippen LogP contribution in [0.4, 0.5) is 5.82 Å². The maximum Gasteiger partial charge on any atom is 0.382 e. The van der Waals surface area contributed by atoms with E-state index in [0.29, 0.717) is 42.2 Å². The van der Waals surface area contributed by atoms with Crippen LogP contribution in [0.1, 0.15) is 99.3 Å². The first-order valence-corrected chi connectivity index (χ1v) is 17.4. The number of nitro groups is 1. The number of imidazole rings is 1. The zero-order valence-corrected chi connectivity index (χ0v) is 29.5. The number of aliphatic hydroxyl groups excluding tert-OH is 1. The molecule has 3 fully saturated rings. The summed E-state index contributed by atoms with van der Waals surface area (Å²) in [6.45, 7) is 14.4. The van der Waals surface area contributed by atoms with E-state index in [1.54, 1.807) is 10.6 Å². The van der Waals surface area contributed by atoms with Crippen LogP contribution >= 0.6 is 15.9 Å². The van der Waals surface area contributed by atoms with Crippen molar-refractivity contribution in [2.45, 2.75) is 106 Å². The minimum Gasteiger partial charge on any atom is -0.504 e. The predicted molar refractivity (Wildman–Crippen MR) is 178 cm³/mol. The van der Waals surface area contributed by atoms with Crippen molar-refractivity contribution in [2.75, 3.05) is 6.61 Å². The summed E-state index contributed by atoms with van der Waals surface area (Å²) in [6.07, 6.45) is 15.5. The lowest BCUT2D eigenvalue weighted by molar-refractivity contribution is -0.389. The zero-order valence-electron chi connectivity index (χ0n) is 27.9. The van der Waals surface area contributed by atoms with Gasteiger partial charge in [-0.1, -0.05) is 45.4 Å². The summed E-state index contributed by atoms with van der Waals surface area (Å²) in [4.78, 5) is 40.9. The molecular weight excluding hydrogens is 650 g/mol. The number of ether oxygens (including phenoxy) is 1. The lowest BCUT2D eigenvalue weighted by atomic mass is 9.34. The number of aromatic nitrogens is 2. The molecule has 0 aliphatic heterocycles. The van der Waals surface area contributed by atoms with Gasteiger partial charge in [-0.15, -0.1) is 0 Å². The molecule has 6 rings (SSSR count). The first-order valence-electron chi connectivity index (χ1n) is 16.6. The van der Waals surface area contributed by atoms with E-state index in [4.69, 9.17) is 4.74 Å². The molecule has 1 aromatic rings. The minimum absolute atomic E-state index is 0.0360. The quantitative estimate of drug-likeness (QED) is 0.131. The fourth-order valence-corrected chi connectivity index (χ4v) is 10.5. The monoisotopic (exact) mass is 695 g/mol. The Balaban J connectivity index is 1.18. The normalized spacial score (nSPS) is 36.8. The number of allylic oxidation sites excluding steroid dienone is 7. The summed E-state index contributed by atoms with van der Waals surface area (Å²) in [5.74, 6) is -0.435. The van der Waals surface area contributed by atoms with Gasteiger partial charge >= 0.3 is 11.8 Å². The number of aryl methyl sites for hydroxylation is 1. The van der Waals surface area contributed by atoms with Crippen LogP contribution in [0.15, 0.2) is 57.2 Å². The molecule has 9 nitrogen and oxygen atoms in total. The van der Waals surface area contributed by atoms with Gasteiger partial charge in [-0.2, -0.15) is 0 Å². The maximum absolute atomic E-state index is 13.7. The topological polar surface area (TPSA) is 125 Å². The van der Waals surface area contributed by atoms with Crippen LogP contribution < -0.4 is 0 Å². The van der Waals surface area contributed by atoms with Gasteiger partial charge in [0.1, 0.15) is 6.20 Å². The number of aliphatic hydroxyl groups is 1. The number of hydrogen-bond donors (Lipinski definition) is 1. The maximum atomic E-state index is 13.7. The van der Waals surface area contributed by atoms with Gasteiger partial charge < -0.3 is 20.0 Å². The molecule has 5 aliphatic rings. The van der Waals surface area contributed by atoms with Crippen molar-refractivity contribution in [1.29, 1.82) is 0 Å². The van der Waals surface area contributed by atoms with Gasteiger partial charge in [0.15, 0.2) is 5.76 Å². The Morgan fingerprint density at radius 2 is 1.83 bits per heavy atom. The van der Waals surface area contributed by atoms with Gasteiger partial charge in [0.25, 0.3) is 4.73 Å². The molecular formula is C36H46BrN3O6. The molecule has 1 N–H and O–H groups in total. The fourth-order valence-electron chi connectivity index (χ4n) is 9.99. The van der Waals surface area contributed by atoms with E-state index in [1.807, 2.05) is 6.92 Å². The average Bonchev–Trinajstić information content (AvgIpc) is 3.39. The number of halogens is 1. The highest BCUT2D eigenvalue weighted by atomic mass is 79.9. The summed E-state index contributed by atoms with van der Waals surface area (Å²) >= 11 is 3.27. The molecule has 0 aromatic carbocycles. The molecule has 0 unspecified atom stereocenters. The largest absolute Gasteiger partial charge is 0.504 e. The Labute approximate surface area is 279 Å². The van der Waals surface area contributed by atoms with E-state index in [2.05, 4.69) is 67.7 Å². The van der Waals surface area contributed by atoms with Crippen molar-refractivity contribution >= 4 is 33.5 Å². The van der Waals surface area contributed by atoms with Crippen molar-refractivity contribution in [3.8, 4) is 0 Å². The number of hydrogen-bond acceptors (Lipinski definition) is 7. The third kappa shape index (κ3) is 4.79.